The molecule has 0 radical (unpaired) electrons. The first-order valence-corrected chi connectivity index (χ1v) is 23.0. The SMILES string of the molecule is CCCCCCCCCCCCCCC[C@@H](O)[C@H](COC1OC(CO)C(O)C(O)C1O)NC(=O)CCCCCCCCCCN1CCN(C(=O)OC(C)(C)C)CC1. The molecule has 0 aliphatic carbocycles. The van der Waals surface area contributed by atoms with E-state index >= 15 is 0 Å². The van der Waals surface area contributed by atoms with Crippen molar-refractivity contribution in [1.29, 1.82) is 0 Å². The fourth-order valence-corrected chi connectivity index (χ4v) is 7.67. The number of hydrogen-bond donors (Lipinski definition) is 6. The fourth-order valence-electron chi connectivity index (χ4n) is 7.67. The molecule has 6 N–H and O–H groups in total. The Kier molecular flexibility index (Phi) is 27.5. The van der Waals surface area contributed by atoms with Gasteiger partial charge in [-0.25, -0.2) is 4.79 Å². The lowest BCUT2D eigenvalue weighted by molar-refractivity contribution is -0.302. The summed E-state index contributed by atoms with van der Waals surface area (Å²) in [7, 11) is 0. The van der Waals surface area contributed by atoms with Gasteiger partial charge in [-0.05, 0) is 46.6 Å². The van der Waals surface area contributed by atoms with Gasteiger partial charge >= 0.3 is 6.09 Å². The molecule has 2 aliphatic heterocycles. The Hall–Kier alpha value is -1.58. The number of nitrogens with one attached hydrogen (secondary N) is 1. The zero-order valence-electron chi connectivity index (χ0n) is 36.4. The molecular formula is C44H85N3O10. The van der Waals surface area contributed by atoms with Crippen LogP contribution in [0.5, 0.6) is 0 Å². The maximum Gasteiger partial charge on any atom is 0.410 e. The van der Waals surface area contributed by atoms with Crippen LogP contribution in [0.15, 0.2) is 0 Å². The molecule has 13 heteroatoms. The topological polar surface area (TPSA) is 181 Å². The largest absolute Gasteiger partial charge is 0.444 e. The van der Waals surface area contributed by atoms with Gasteiger partial charge in [-0.2, -0.15) is 0 Å². The normalized spacial score (nSPS) is 23.0. The second-order valence-electron chi connectivity index (χ2n) is 17.7. The van der Waals surface area contributed by atoms with Crippen LogP contribution in [-0.2, 0) is 19.0 Å². The van der Waals surface area contributed by atoms with Gasteiger partial charge in [0.25, 0.3) is 0 Å². The van der Waals surface area contributed by atoms with E-state index in [-0.39, 0.29) is 18.6 Å². The van der Waals surface area contributed by atoms with Crippen molar-refractivity contribution in [3.05, 3.63) is 0 Å². The summed E-state index contributed by atoms with van der Waals surface area (Å²) in [5.41, 5.74) is -0.470. The maximum absolute atomic E-state index is 13.0. The average molecular weight is 816 g/mol. The summed E-state index contributed by atoms with van der Waals surface area (Å²) < 4.78 is 16.7. The first-order chi connectivity index (χ1) is 27.4. The molecule has 0 aromatic carbocycles. The lowest BCUT2D eigenvalue weighted by atomic mass is 9.99. The van der Waals surface area contributed by atoms with Crippen molar-refractivity contribution < 1.29 is 49.3 Å². The molecule has 0 aromatic heterocycles. The predicted octanol–water partition coefficient (Wildman–Crippen LogP) is 6.19. The molecule has 0 aromatic rings. The number of rotatable bonds is 31. The van der Waals surface area contributed by atoms with E-state index in [0.29, 0.717) is 25.9 Å². The van der Waals surface area contributed by atoms with Gasteiger partial charge in [0.05, 0.1) is 25.4 Å². The van der Waals surface area contributed by atoms with Gasteiger partial charge in [0.15, 0.2) is 6.29 Å². The maximum atomic E-state index is 13.0. The van der Waals surface area contributed by atoms with Crippen molar-refractivity contribution in [3.63, 3.8) is 0 Å². The number of aliphatic hydroxyl groups is 5. The van der Waals surface area contributed by atoms with E-state index in [4.69, 9.17) is 14.2 Å². The Labute approximate surface area is 345 Å². The van der Waals surface area contributed by atoms with Crippen LogP contribution in [-0.4, -0.2) is 142 Å². The number of nitrogens with zero attached hydrogens (tertiary/aromatic N) is 2. The first-order valence-electron chi connectivity index (χ1n) is 23.0. The van der Waals surface area contributed by atoms with Crippen LogP contribution in [0.25, 0.3) is 0 Å². The summed E-state index contributed by atoms with van der Waals surface area (Å²) in [6.07, 6.45) is 17.2. The number of carbonyl (C=O) groups excluding carboxylic acids is 2. The van der Waals surface area contributed by atoms with E-state index in [1.807, 2.05) is 20.8 Å². The molecule has 2 saturated heterocycles. The highest BCUT2D eigenvalue weighted by Crippen LogP contribution is 2.23. The van der Waals surface area contributed by atoms with Crippen LogP contribution in [0.2, 0.25) is 0 Å². The summed E-state index contributed by atoms with van der Waals surface area (Å²) in [6, 6.07) is -0.740. The van der Waals surface area contributed by atoms with Crippen LogP contribution in [0, 0.1) is 0 Å². The molecule has 0 saturated carbocycles. The second-order valence-corrected chi connectivity index (χ2v) is 17.7. The molecule has 57 heavy (non-hydrogen) atoms. The van der Waals surface area contributed by atoms with Crippen LogP contribution in [0.1, 0.15) is 175 Å². The minimum atomic E-state index is -1.57. The summed E-state index contributed by atoms with van der Waals surface area (Å²) >= 11 is 0. The van der Waals surface area contributed by atoms with E-state index < -0.39 is 55.1 Å². The zero-order valence-corrected chi connectivity index (χ0v) is 36.4. The van der Waals surface area contributed by atoms with Crippen molar-refractivity contribution in [3.8, 4) is 0 Å². The molecule has 2 amide bonds. The number of amides is 2. The van der Waals surface area contributed by atoms with Crippen LogP contribution < -0.4 is 5.32 Å². The van der Waals surface area contributed by atoms with E-state index in [1.54, 1.807) is 4.90 Å². The minimum Gasteiger partial charge on any atom is -0.444 e. The summed E-state index contributed by atoms with van der Waals surface area (Å²) in [5, 5.41) is 54.4. The Morgan fingerprint density at radius 1 is 0.719 bits per heavy atom. The molecule has 2 aliphatic rings. The standard InChI is InChI=1S/C44H85N3O10/c1-5-6-7-8-9-10-11-12-13-14-17-20-23-26-36(49)35(34-55-42-41(53)40(52)39(51)37(33-48)56-42)45-38(50)27-24-21-18-15-16-19-22-25-28-46-29-31-47(32-30-46)43(54)57-44(2,3)4/h35-37,39-42,48-49,51-53H,5-34H2,1-4H3,(H,45,50)/t35-,36+,37?,39?,40?,41?,42?/m0/s1. The van der Waals surface area contributed by atoms with Crippen molar-refractivity contribution in [2.45, 2.75) is 224 Å². The van der Waals surface area contributed by atoms with E-state index in [2.05, 4.69) is 17.1 Å². The number of unbranched alkanes of at least 4 members (excludes halogenated alkanes) is 19. The molecule has 7 atom stereocenters. The van der Waals surface area contributed by atoms with Gasteiger partial charge in [0, 0.05) is 32.6 Å². The van der Waals surface area contributed by atoms with Crippen LogP contribution >= 0.6 is 0 Å². The Morgan fingerprint density at radius 2 is 1.23 bits per heavy atom. The second kappa shape index (κ2) is 30.4. The Bertz CT molecular complexity index is 1020. The fraction of sp³-hybridized carbons (Fsp3) is 0.955. The van der Waals surface area contributed by atoms with Gasteiger partial charge < -0.3 is 50.0 Å². The molecule has 0 bridgehead atoms. The number of hydrogen-bond acceptors (Lipinski definition) is 11. The number of piperazine rings is 1. The lowest BCUT2D eigenvalue weighted by Crippen LogP contribution is -2.60. The van der Waals surface area contributed by atoms with E-state index in [0.717, 1.165) is 71.0 Å². The van der Waals surface area contributed by atoms with Gasteiger partial charge in [0.2, 0.25) is 5.91 Å². The van der Waals surface area contributed by atoms with Gasteiger partial charge in [-0.3, -0.25) is 9.69 Å². The van der Waals surface area contributed by atoms with Crippen LogP contribution in [0.3, 0.4) is 0 Å². The summed E-state index contributed by atoms with van der Waals surface area (Å²) in [4.78, 5) is 29.5. The third-order valence-corrected chi connectivity index (χ3v) is 11.4. The smallest absolute Gasteiger partial charge is 0.410 e. The molecule has 2 heterocycles. The lowest BCUT2D eigenvalue weighted by Gasteiger charge is -2.40. The highest BCUT2D eigenvalue weighted by molar-refractivity contribution is 5.76. The molecule has 5 unspecified atom stereocenters. The Balaban J connectivity index is 1.63. The monoisotopic (exact) mass is 816 g/mol. The molecule has 13 nitrogen and oxygen atoms in total. The quantitative estimate of drug-likeness (QED) is 0.0439. The van der Waals surface area contributed by atoms with Crippen molar-refractivity contribution in [1.82, 2.24) is 15.1 Å². The Morgan fingerprint density at radius 3 is 1.75 bits per heavy atom. The molecule has 2 fully saturated rings. The third-order valence-electron chi connectivity index (χ3n) is 11.4. The van der Waals surface area contributed by atoms with Crippen molar-refractivity contribution in [2.24, 2.45) is 0 Å². The summed E-state index contributed by atoms with van der Waals surface area (Å²) in [5.74, 6) is -0.172. The van der Waals surface area contributed by atoms with E-state index in [1.165, 1.54) is 83.5 Å². The predicted molar refractivity (Wildman–Crippen MR) is 224 cm³/mol. The van der Waals surface area contributed by atoms with Crippen molar-refractivity contribution in [2.75, 3.05) is 45.9 Å². The molecule has 0 spiro atoms. The van der Waals surface area contributed by atoms with Gasteiger partial charge in [0.1, 0.15) is 30.0 Å². The number of carbonyl (C=O) groups is 2. The number of ether oxygens (including phenoxy) is 3. The highest BCUT2D eigenvalue weighted by Gasteiger charge is 2.44. The minimum absolute atomic E-state index is 0.156. The highest BCUT2D eigenvalue weighted by atomic mass is 16.7. The first kappa shape index (κ1) is 51.6. The van der Waals surface area contributed by atoms with E-state index in [9.17, 15) is 35.1 Å². The molecule has 2 rings (SSSR count). The number of aliphatic hydroxyl groups excluding tert-OH is 5. The van der Waals surface area contributed by atoms with Gasteiger partial charge in [-0.1, -0.05) is 129 Å². The molecular weight excluding hydrogens is 730 g/mol. The zero-order chi connectivity index (χ0) is 41.9. The van der Waals surface area contributed by atoms with Crippen LogP contribution in [0.4, 0.5) is 4.79 Å². The third kappa shape index (κ3) is 23.1. The van der Waals surface area contributed by atoms with Gasteiger partial charge in [-0.15, -0.1) is 0 Å². The molecule has 336 valence electrons. The average Bonchev–Trinajstić information content (AvgIpc) is 3.18. The summed E-state index contributed by atoms with van der Waals surface area (Å²) in [6.45, 7) is 11.5. The van der Waals surface area contributed by atoms with Crippen molar-refractivity contribution >= 4 is 12.0 Å².